The first-order chi connectivity index (χ1) is 15.5. The van der Waals surface area contributed by atoms with Crippen molar-refractivity contribution in [2.45, 2.75) is 45.4 Å². The lowest BCUT2D eigenvalue weighted by Gasteiger charge is -2.55. The summed E-state index contributed by atoms with van der Waals surface area (Å²) in [7, 11) is 1.35. The fraction of sp³-hybridized carbons (Fsp3) is 0.480. The Hall–Kier alpha value is -2.67. The lowest BCUT2D eigenvalue weighted by molar-refractivity contribution is -0.140. The number of amides is 1. The number of hydrogen-bond acceptors (Lipinski definition) is 6. The van der Waals surface area contributed by atoms with E-state index in [1.54, 1.807) is 6.92 Å². The van der Waals surface area contributed by atoms with Crippen LogP contribution in [-0.2, 0) is 9.53 Å². The summed E-state index contributed by atoms with van der Waals surface area (Å²) in [5.41, 5.74) is 1.38. The van der Waals surface area contributed by atoms with Crippen LogP contribution in [0.5, 0.6) is 0 Å². The first kappa shape index (κ1) is 20.0. The van der Waals surface area contributed by atoms with Crippen LogP contribution in [0.15, 0.2) is 28.7 Å². The molecule has 4 bridgehead atoms. The number of esters is 1. The minimum atomic E-state index is -0.490. The lowest BCUT2D eigenvalue weighted by Crippen LogP contribution is -2.51. The summed E-state index contributed by atoms with van der Waals surface area (Å²) in [4.78, 5) is 31.1. The predicted octanol–water partition coefficient (Wildman–Crippen LogP) is 5.81. The zero-order valence-corrected chi connectivity index (χ0v) is 19.1. The molecule has 3 aromatic rings. The molecule has 0 radical (unpaired) electrons. The Morgan fingerprint density at radius 1 is 1.12 bits per heavy atom. The van der Waals surface area contributed by atoms with Gasteiger partial charge in [-0.05, 0) is 75.3 Å². The molecule has 2 aromatic heterocycles. The van der Waals surface area contributed by atoms with Crippen LogP contribution in [-0.4, -0.2) is 24.0 Å². The molecule has 1 N–H and O–H groups in total. The fourth-order valence-electron chi connectivity index (χ4n) is 6.79. The van der Waals surface area contributed by atoms with Crippen LogP contribution >= 0.6 is 11.3 Å². The largest absolute Gasteiger partial charge is 0.465 e. The fourth-order valence-corrected chi connectivity index (χ4v) is 7.80. The number of methoxy groups -OCH3 is 1. The number of rotatable bonds is 4. The number of nitrogens with zero attached hydrogens (tertiary/aromatic N) is 1. The van der Waals surface area contributed by atoms with E-state index in [4.69, 9.17) is 14.1 Å². The Bertz CT molecular complexity index is 1170. The van der Waals surface area contributed by atoms with Crippen LogP contribution in [0.3, 0.4) is 0 Å². The molecule has 7 heteroatoms. The molecule has 0 saturated heterocycles. The Labute approximate surface area is 190 Å². The molecule has 4 fully saturated rings. The van der Waals surface area contributed by atoms with Crippen molar-refractivity contribution in [1.82, 2.24) is 4.98 Å². The number of hydrogen-bond donors (Lipinski definition) is 1. The Balaban J connectivity index is 1.41. The Kier molecular flexibility index (Phi) is 4.47. The van der Waals surface area contributed by atoms with E-state index in [-0.39, 0.29) is 11.3 Å². The number of aromatic nitrogens is 1. The van der Waals surface area contributed by atoms with E-state index < -0.39 is 5.97 Å². The van der Waals surface area contributed by atoms with Gasteiger partial charge in [-0.25, -0.2) is 9.78 Å². The first-order valence-electron chi connectivity index (χ1n) is 11.3. The molecule has 6 nitrogen and oxygen atoms in total. The van der Waals surface area contributed by atoms with Crippen molar-refractivity contribution >= 4 is 39.3 Å². The van der Waals surface area contributed by atoms with Gasteiger partial charge in [0.05, 0.1) is 28.3 Å². The van der Waals surface area contributed by atoms with E-state index in [2.05, 4.69) is 5.32 Å². The minimum Gasteiger partial charge on any atom is -0.465 e. The third-order valence-corrected chi connectivity index (χ3v) is 8.78. The molecule has 1 aromatic carbocycles. The second-order valence-corrected chi connectivity index (χ2v) is 10.9. The van der Waals surface area contributed by atoms with Gasteiger partial charge < -0.3 is 9.15 Å². The van der Waals surface area contributed by atoms with Crippen molar-refractivity contribution in [2.24, 2.45) is 23.2 Å². The summed E-state index contributed by atoms with van der Waals surface area (Å²) in [5.74, 6) is 2.27. The SMILES string of the molecule is COC(=O)c1c(C)oc(NC(=O)C23CC4CC(CC(C4)C2)C3)c1-c1nc2ccccc2s1. The number of aryl methyl sites for hydroxylation is 1. The number of carbonyl (C=O) groups is 2. The number of thiazole rings is 1. The van der Waals surface area contributed by atoms with Gasteiger partial charge in [0, 0.05) is 0 Å². The number of para-hydroxylation sites is 1. The smallest absolute Gasteiger partial charge is 0.342 e. The quantitative estimate of drug-likeness (QED) is 0.508. The van der Waals surface area contributed by atoms with Crippen LogP contribution in [0.25, 0.3) is 20.8 Å². The summed E-state index contributed by atoms with van der Waals surface area (Å²) < 4.78 is 12.0. The van der Waals surface area contributed by atoms with Crippen molar-refractivity contribution in [3.05, 3.63) is 35.6 Å². The van der Waals surface area contributed by atoms with E-state index in [0.29, 0.717) is 45.5 Å². The summed E-state index contributed by atoms with van der Waals surface area (Å²) in [6.07, 6.45) is 6.71. The number of nitrogens with one attached hydrogen (secondary N) is 1. The summed E-state index contributed by atoms with van der Waals surface area (Å²) in [6.45, 7) is 1.73. The molecule has 0 atom stereocenters. The van der Waals surface area contributed by atoms with Crippen molar-refractivity contribution in [3.8, 4) is 10.6 Å². The van der Waals surface area contributed by atoms with Gasteiger partial charge in [-0.15, -0.1) is 11.3 Å². The van der Waals surface area contributed by atoms with Crippen molar-refractivity contribution < 1.29 is 18.7 Å². The zero-order chi connectivity index (χ0) is 22.0. The van der Waals surface area contributed by atoms with Crippen LogP contribution < -0.4 is 5.32 Å². The molecule has 2 heterocycles. The number of furan rings is 1. The molecule has 0 unspecified atom stereocenters. The van der Waals surface area contributed by atoms with E-state index in [1.807, 2.05) is 24.3 Å². The van der Waals surface area contributed by atoms with E-state index in [9.17, 15) is 9.59 Å². The van der Waals surface area contributed by atoms with Crippen molar-refractivity contribution in [1.29, 1.82) is 0 Å². The standard InChI is InChI=1S/C25H26N2O4S/c1-13-19(23(28)30-2)20(22-26-17-5-3-4-6-18(17)32-22)21(31-13)27-24(29)25-10-14-7-15(11-25)9-16(8-14)12-25/h3-6,14-16H,7-12H2,1-2H3,(H,27,29). The summed E-state index contributed by atoms with van der Waals surface area (Å²) >= 11 is 1.48. The zero-order valence-electron chi connectivity index (χ0n) is 18.3. The highest BCUT2D eigenvalue weighted by molar-refractivity contribution is 7.21. The average molecular weight is 451 g/mol. The Morgan fingerprint density at radius 3 is 2.41 bits per heavy atom. The second-order valence-electron chi connectivity index (χ2n) is 9.87. The van der Waals surface area contributed by atoms with Gasteiger partial charge in [-0.1, -0.05) is 12.1 Å². The highest BCUT2D eigenvalue weighted by Gasteiger charge is 2.54. The third kappa shape index (κ3) is 3.01. The molecular formula is C25H26N2O4S. The van der Waals surface area contributed by atoms with Crippen LogP contribution in [0.4, 0.5) is 5.88 Å². The summed E-state index contributed by atoms with van der Waals surface area (Å²) in [6, 6.07) is 7.83. The van der Waals surface area contributed by atoms with Gasteiger partial charge in [0.2, 0.25) is 11.8 Å². The molecule has 0 spiro atoms. The van der Waals surface area contributed by atoms with Gasteiger partial charge >= 0.3 is 5.97 Å². The van der Waals surface area contributed by atoms with Gasteiger partial charge in [0.25, 0.3) is 0 Å². The van der Waals surface area contributed by atoms with Crippen LogP contribution in [0.2, 0.25) is 0 Å². The monoisotopic (exact) mass is 450 g/mol. The minimum absolute atomic E-state index is 0.0316. The molecule has 166 valence electrons. The maximum absolute atomic E-state index is 13.7. The normalized spacial score (nSPS) is 28.2. The molecule has 4 saturated carbocycles. The first-order valence-corrected chi connectivity index (χ1v) is 12.2. The highest BCUT2D eigenvalue weighted by atomic mass is 32.1. The molecule has 1 amide bonds. The van der Waals surface area contributed by atoms with Crippen LogP contribution in [0, 0.1) is 30.1 Å². The van der Waals surface area contributed by atoms with E-state index in [1.165, 1.54) is 37.7 Å². The van der Waals surface area contributed by atoms with Gasteiger partial charge in [-0.3, -0.25) is 10.1 Å². The maximum atomic E-state index is 13.7. The number of ether oxygens (including phenoxy) is 1. The van der Waals surface area contributed by atoms with Crippen LogP contribution in [0.1, 0.15) is 54.6 Å². The molecular weight excluding hydrogens is 424 g/mol. The lowest BCUT2D eigenvalue weighted by atomic mass is 9.49. The molecule has 4 aliphatic carbocycles. The van der Waals surface area contributed by atoms with Crippen molar-refractivity contribution in [3.63, 3.8) is 0 Å². The highest BCUT2D eigenvalue weighted by Crippen LogP contribution is 2.60. The molecule has 0 aliphatic heterocycles. The maximum Gasteiger partial charge on any atom is 0.342 e. The molecule has 7 rings (SSSR count). The van der Waals surface area contributed by atoms with Crippen molar-refractivity contribution in [2.75, 3.05) is 12.4 Å². The number of fused-ring (bicyclic) bond motifs is 1. The number of anilines is 1. The Morgan fingerprint density at radius 2 is 1.78 bits per heavy atom. The van der Waals surface area contributed by atoms with E-state index >= 15 is 0 Å². The third-order valence-electron chi connectivity index (χ3n) is 7.73. The molecule has 32 heavy (non-hydrogen) atoms. The average Bonchev–Trinajstić information content (AvgIpc) is 3.32. The number of carbonyl (C=O) groups excluding carboxylic acids is 2. The topological polar surface area (TPSA) is 81.4 Å². The van der Waals surface area contributed by atoms with Gasteiger partial charge in [-0.2, -0.15) is 0 Å². The molecule has 4 aliphatic rings. The van der Waals surface area contributed by atoms with Gasteiger partial charge in [0.15, 0.2) is 0 Å². The van der Waals surface area contributed by atoms with Gasteiger partial charge in [0.1, 0.15) is 16.3 Å². The second kappa shape index (κ2) is 7.17. The van der Waals surface area contributed by atoms with E-state index in [0.717, 1.165) is 29.5 Å². The number of benzene rings is 1. The summed E-state index contributed by atoms with van der Waals surface area (Å²) in [5, 5.41) is 3.75. The predicted molar refractivity (Wildman–Crippen MR) is 123 cm³/mol.